The lowest BCUT2D eigenvalue weighted by Gasteiger charge is -2.16. The molecule has 0 aliphatic heterocycles. The van der Waals surface area contributed by atoms with E-state index in [-0.39, 0.29) is 16.8 Å². The predicted molar refractivity (Wildman–Crippen MR) is 129 cm³/mol. The van der Waals surface area contributed by atoms with Crippen LogP contribution in [-0.2, 0) is 0 Å². The summed E-state index contributed by atoms with van der Waals surface area (Å²) in [6, 6.07) is 7.17. The number of nitrogens with two attached hydrogens (primary N) is 1. The summed E-state index contributed by atoms with van der Waals surface area (Å²) in [6.45, 7) is 2.85. The molecule has 33 heavy (non-hydrogen) atoms. The minimum Gasteiger partial charge on any atom is -0.398 e. The van der Waals surface area contributed by atoms with E-state index in [1.54, 1.807) is 20.2 Å². The number of amides is 1. The second kappa shape index (κ2) is 9.39. The average molecular weight is 471 g/mol. The Kier molecular flexibility index (Phi) is 6.56. The van der Waals surface area contributed by atoms with Crippen LogP contribution in [-0.4, -0.2) is 46.2 Å². The maximum absolute atomic E-state index is 15.2. The topological polar surface area (TPSA) is 89.1 Å². The van der Waals surface area contributed by atoms with Gasteiger partial charge in [0.15, 0.2) is 0 Å². The van der Waals surface area contributed by atoms with Crippen LogP contribution in [0, 0.1) is 18.7 Å². The van der Waals surface area contributed by atoms with Crippen LogP contribution in [0.4, 0.5) is 15.9 Å². The third kappa shape index (κ3) is 4.66. The lowest BCUT2D eigenvalue weighted by molar-refractivity contribution is 0.0824. The molecule has 1 amide bonds. The molecule has 1 aliphatic carbocycles. The number of nitrogen functional groups attached to an aromatic ring is 1. The summed E-state index contributed by atoms with van der Waals surface area (Å²) in [7, 11) is 3.09. The number of hydrogen-bond donors (Lipinski definition) is 2. The van der Waals surface area contributed by atoms with E-state index < -0.39 is 11.7 Å². The van der Waals surface area contributed by atoms with Crippen molar-refractivity contribution < 1.29 is 9.18 Å². The van der Waals surface area contributed by atoms with E-state index in [1.807, 2.05) is 12.3 Å². The zero-order chi connectivity index (χ0) is 23.7. The molecule has 4 rings (SSSR count). The molecule has 2 heterocycles. The quantitative estimate of drug-likeness (QED) is 0.506. The van der Waals surface area contributed by atoms with Crippen molar-refractivity contribution in [2.45, 2.75) is 32.2 Å². The molecule has 0 spiro atoms. The van der Waals surface area contributed by atoms with Gasteiger partial charge in [0.05, 0.1) is 16.6 Å². The van der Waals surface area contributed by atoms with Crippen molar-refractivity contribution in [2.75, 3.05) is 31.7 Å². The summed E-state index contributed by atoms with van der Waals surface area (Å²) in [6.07, 6.45) is 6.64. The molecule has 7 nitrogen and oxygen atoms in total. The molecule has 3 aromatic rings. The van der Waals surface area contributed by atoms with Gasteiger partial charge >= 0.3 is 0 Å². The second-order valence-corrected chi connectivity index (χ2v) is 9.18. The van der Waals surface area contributed by atoms with Gasteiger partial charge in [-0.15, -0.1) is 0 Å². The number of aromatic nitrogens is 3. The maximum Gasteiger partial charge on any atom is 0.258 e. The Labute approximate surface area is 197 Å². The zero-order valence-corrected chi connectivity index (χ0v) is 19.7. The Balaban J connectivity index is 1.47. The van der Waals surface area contributed by atoms with E-state index in [0.29, 0.717) is 28.4 Å². The highest BCUT2D eigenvalue weighted by Gasteiger charge is 2.27. The second-order valence-electron chi connectivity index (χ2n) is 8.77. The number of aryl methyl sites for hydroxylation is 1. The summed E-state index contributed by atoms with van der Waals surface area (Å²) in [4.78, 5) is 18.1. The van der Waals surface area contributed by atoms with Gasteiger partial charge < -0.3 is 16.0 Å². The molecule has 1 fully saturated rings. The van der Waals surface area contributed by atoms with E-state index in [2.05, 4.69) is 27.0 Å². The monoisotopic (exact) mass is 470 g/mol. The summed E-state index contributed by atoms with van der Waals surface area (Å²) < 4.78 is 17.3. The first-order valence-electron chi connectivity index (χ1n) is 11.0. The number of hydrogen-bond acceptors (Lipinski definition) is 5. The van der Waals surface area contributed by atoms with E-state index in [4.69, 9.17) is 17.3 Å². The van der Waals surface area contributed by atoms with Crippen LogP contribution in [0.25, 0.3) is 11.1 Å². The molecular weight excluding hydrogens is 443 g/mol. The van der Waals surface area contributed by atoms with Crippen molar-refractivity contribution in [3.05, 3.63) is 58.8 Å². The van der Waals surface area contributed by atoms with Crippen molar-refractivity contribution >= 4 is 29.0 Å². The van der Waals surface area contributed by atoms with Crippen molar-refractivity contribution in [1.82, 2.24) is 19.7 Å². The normalized spacial score (nSPS) is 17.8. The molecule has 0 radical (unpaired) electrons. The lowest BCUT2D eigenvalue weighted by atomic mass is 10.0. The van der Waals surface area contributed by atoms with Crippen LogP contribution in [0.2, 0.25) is 5.02 Å². The van der Waals surface area contributed by atoms with Gasteiger partial charge in [-0.2, -0.15) is 5.10 Å². The van der Waals surface area contributed by atoms with E-state index in [9.17, 15) is 4.79 Å². The van der Waals surface area contributed by atoms with Crippen LogP contribution in [0.1, 0.15) is 41.4 Å². The molecule has 1 aromatic carbocycles. The number of carbonyl (C=O) groups excluding carboxylic acids is 1. The van der Waals surface area contributed by atoms with Gasteiger partial charge in [0.1, 0.15) is 11.6 Å². The number of nitrogens with zero attached hydrogens (tertiary/aromatic N) is 4. The van der Waals surface area contributed by atoms with Crippen molar-refractivity contribution in [2.24, 2.45) is 5.92 Å². The van der Waals surface area contributed by atoms with Gasteiger partial charge in [-0.25, -0.2) is 9.37 Å². The standard InChI is InChI=1S/C24H28ClFN6O/c1-14-8-9-30-32(14)16-5-4-15(10-16)12-28-21-11-19(25)18(13-29-21)17-6-7-20(27)22(23(17)26)24(33)31(2)3/h6-9,11,13,15-16H,4-5,10,12,27H2,1-3H3,(H,28,29). The Morgan fingerprint density at radius 3 is 2.76 bits per heavy atom. The molecular formula is C24H28ClFN6O. The third-order valence-electron chi connectivity index (χ3n) is 6.24. The molecule has 174 valence electrons. The Bertz CT molecular complexity index is 1180. The average Bonchev–Trinajstić information content (AvgIpc) is 3.41. The number of nitrogens with one attached hydrogen (secondary N) is 1. The fourth-order valence-electron chi connectivity index (χ4n) is 4.43. The Morgan fingerprint density at radius 2 is 2.09 bits per heavy atom. The van der Waals surface area contributed by atoms with Crippen molar-refractivity contribution in [3.63, 3.8) is 0 Å². The number of benzene rings is 1. The van der Waals surface area contributed by atoms with Crippen molar-refractivity contribution in [3.8, 4) is 11.1 Å². The van der Waals surface area contributed by atoms with Crippen LogP contribution in [0.3, 0.4) is 0 Å². The van der Waals surface area contributed by atoms with Gasteiger partial charge in [-0.05, 0) is 56.4 Å². The fourth-order valence-corrected chi connectivity index (χ4v) is 4.69. The number of rotatable bonds is 6. The molecule has 9 heteroatoms. The summed E-state index contributed by atoms with van der Waals surface area (Å²) in [5.41, 5.74) is 7.55. The smallest absolute Gasteiger partial charge is 0.258 e. The number of carbonyl (C=O) groups is 1. The number of pyridine rings is 1. The molecule has 2 atom stereocenters. The first-order chi connectivity index (χ1) is 15.8. The van der Waals surface area contributed by atoms with Gasteiger partial charge in [0.2, 0.25) is 0 Å². The van der Waals surface area contributed by atoms with Gasteiger partial charge in [-0.3, -0.25) is 9.48 Å². The van der Waals surface area contributed by atoms with Gasteiger partial charge in [0, 0.05) is 55.5 Å². The highest BCUT2D eigenvalue weighted by molar-refractivity contribution is 6.33. The third-order valence-corrected chi connectivity index (χ3v) is 6.55. The first kappa shape index (κ1) is 23.0. The van der Waals surface area contributed by atoms with Crippen LogP contribution < -0.4 is 11.1 Å². The van der Waals surface area contributed by atoms with Gasteiger partial charge in [0.25, 0.3) is 5.91 Å². The van der Waals surface area contributed by atoms with E-state index >= 15 is 4.39 Å². The summed E-state index contributed by atoms with van der Waals surface area (Å²) in [5, 5.41) is 8.14. The first-order valence-corrected chi connectivity index (χ1v) is 11.3. The van der Waals surface area contributed by atoms with Crippen LogP contribution in [0.15, 0.2) is 36.7 Å². The highest BCUT2D eigenvalue weighted by Crippen LogP contribution is 2.36. The van der Waals surface area contributed by atoms with E-state index in [1.165, 1.54) is 28.9 Å². The zero-order valence-electron chi connectivity index (χ0n) is 19.0. The SMILES string of the molecule is Cc1ccnn1C1CCC(CNc2cc(Cl)c(-c3ccc(N)c(C(=O)N(C)C)c3F)cn2)C1. The predicted octanol–water partition coefficient (Wildman–Crippen LogP) is 4.78. The molecule has 3 N–H and O–H groups in total. The molecule has 0 saturated heterocycles. The summed E-state index contributed by atoms with van der Waals surface area (Å²) >= 11 is 6.49. The molecule has 1 aliphatic rings. The molecule has 0 bridgehead atoms. The lowest BCUT2D eigenvalue weighted by Crippen LogP contribution is -2.24. The molecule has 1 saturated carbocycles. The highest BCUT2D eigenvalue weighted by atomic mass is 35.5. The number of halogens is 2. The van der Waals surface area contributed by atoms with Crippen LogP contribution in [0.5, 0.6) is 0 Å². The van der Waals surface area contributed by atoms with Crippen molar-refractivity contribution in [1.29, 1.82) is 0 Å². The minimum atomic E-state index is -0.705. The molecule has 2 aromatic heterocycles. The maximum atomic E-state index is 15.2. The Hall–Kier alpha value is -3.13. The minimum absolute atomic E-state index is 0.0810. The molecule has 2 unspecified atom stereocenters. The largest absolute Gasteiger partial charge is 0.398 e. The van der Waals surface area contributed by atoms with E-state index in [0.717, 1.165) is 25.8 Å². The number of anilines is 2. The van der Waals surface area contributed by atoms with Gasteiger partial charge in [-0.1, -0.05) is 11.6 Å². The Morgan fingerprint density at radius 1 is 1.30 bits per heavy atom. The fraction of sp³-hybridized carbons (Fsp3) is 0.375. The van der Waals surface area contributed by atoms with Crippen LogP contribution >= 0.6 is 11.6 Å². The summed E-state index contributed by atoms with van der Waals surface area (Å²) in [5.74, 6) is -0.0747.